The van der Waals surface area contributed by atoms with Crippen molar-refractivity contribution in [1.29, 1.82) is 0 Å². The first kappa shape index (κ1) is 25.9. The van der Waals surface area contributed by atoms with Gasteiger partial charge in [0.2, 0.25) is 27.8 Å². The van der Waals surface area contributed by atoms with Gasteiger partial charge in [-0.15, -0.1) is 0 Å². The van der Waals surface area contributed by atoms with E-state index in [9.17, 15) is 13.2 Å². The Kier molecular flexibility index (Phi) is 6.66. The zero-order valence-corrected chi connectivity index (χ0v) is 22.5. The SMILES string of the molecule is CCOc1cncc(-c2ccc(NC(=O)C3(c4ccnc(NS(=O)(=O)C5CC5)n4)CCc4oncc4C3)cc2)n1. The minimum absolute atomic E-state index is 0.0487. The summed E-state index contributed by atoms with van der Waals surface area (Å²) in [6.07, 6.45) is 8.67. The zero-order chi connectivity index (χ0) is 27.7. The Hall–Kier alpha value is -4.39. The predicted molar refractivity (Wildman–Crippen MR) is 145 cm³/mol. The van der Waals surface area contributed by atoms with E-state index in [4.69, 9.17) is 9.26 Å². The van der Waals surface area contributed by atoms with Gasteiger partial charge in [-0.05, 0) is 50.8 Å². The van der Waals surface area contributed by atoms with Crippen LogP contribution in [0.1, 0.15) is 43.2 Å². The van der Waals surface area contributed by atoms with Gasteiger partial charge in [-0.3, -0.25) is 14.5 Å². The third-order valence-electron chi connectivity index (χ3n) is 7.12. The Bertz CT molecular complexity index is 1650. The number of carbonyl (C=O) groups excluding carboxylic acids is 1. The lowest BCUT2D eigenvalue weighted by atomic mass is 9.70. The van der Waals surface area contributed by atoms with Gasteiger partial charge in [0.1, 0.15) is 5.76 Å². The van der Waals surface area contributed by atoms with E-state index < -0.39 is 20.7 Å². The van der Waals surface area contributed by atoms with E-state index in [0.29, 0.717) is 61.7 Å². The summed E-state index contributed by atoms with van der Waals surface area (Å²) >= 11 is 0. The minimum atomic E-state index is -3.57. The average Bonchev–Trinajstić information content (AvgIpc) is 3.73. The maximum Gasteiger partial charge on any atom is 0.237 e. The number of nitrogens with zero attached hydrogens (tertiary/aromatic N) is 5. The Labute approximate surface area is 230 Å². The van der Waals surface area contributed by atoms with Crippen LogP contribution in [0.4, 0.5) is 11.6 Å². The summed E-state index contributed by atoms with van der Waals surface area (Å²) in [4.78, 5) is 31.3. The largest absolute Gasteiger partial charge is 0.477 e. The molecule has 2 aliphatic rings. The zero-order valence-electron chi connectivity index (χ0n) is 21.7. The summed E-state index contributed by atoms with van der Waals surface area (Å²) in [6, 6.07) is 8.92. The molecule has 3 heterocycles. The van der Waals surface area contributed by atoms with Crippen LogP contribution in [0.2, 0.25) is 0 Å². The van der Waals surface area contributed by atoms with E-state index in [2.05, 4.69) is 35.1 Å². The second-order valence-corrected chi connectivity index (χ2v) is 11.8. The van der Waals surface area contributed by atoms with Gasteiger partial charge < -0.3 is 14.6 Å². The highest BCUT2D eigenvalue weighted by Crippen LogP contribution is 2.39. The Morgan fingerprint density at radius 1 is 1.12 bits per heavy atom. The van der Waals surface area contributed by atoms with E-state index in [1.165, 1.54) is 6.20 Å². The highest BCUT2D eigenvalue weighted by atomic mass is 32.2. The first-order chi connectivity index (χ1) is 19.4. The van der Waals surface area contributed by atoms with Crippen LogP contribution in [0.25, 0.3) is 11.3 Å². The van der Waals surface area contributed by atoms with Crippen molar-refractivity contribution in [1.82, 2.24) is 25.1 Å². The van der Waals surface area contributed by atoms with Gasteiger partial charge in [-0.25, -0.2) is 23.4 Å². The average molecular weight is 562 g/mol. The Balaban J connectivity index is 1.28. The molecule has 1 atom stereocenters. The molecule has 1 aromatic carbocycles. The normalized spacial score (nSPS) is 18.5. The number of ether oxygens (including phenoxy) is 1. The number of aryl methyl sites for hydroxylation is 1. The number of sulfonamides is 1. The van der Waals surface area contributed by atoms with Crippen molar-refractivity contribution in [3.05, 3.63) is 72.1 Å². The molecule has 1 fully saturated rings. The topological polar surface area (TPSA) is 162 Å². The number of fused-ring (bicyclic) bond motifs is 1. The number of rotatable bonds is 9. The van der Waals surface area contributed by atoms with Gasteiger partial charge in [-0.2, -0.15) is 0 Å². The number of hydrogen-bond donors (Lipinski definition) is 2. The number of carbonyl (C=O) groups is 1. The van der Waals surface area contributed by atoms with Crippen LogP contribution in [0.5, 0.6) is 5.88 Å². The summed E-state index contributed by atoms with van der Waals surface area (Å²) in [5.74, 6) is 0.840. The number of anilines is 2. The molecule has 1 unspecified atom stereocenters. The van der Waals surface area contributed by atoms with Gasteiger partial charge in [0, 0.05) is 29.4 Å². The number of aromatic nitrogens is 5. The molecule has 4 aromatic rings. The molecule has 13 heteroatoms. The molecule has 6 rings (SSSR count). The molecular formula is C27H27N7O5S. The molecule has 0 aliphatic heterocycles. The number of benzene rings is 1. The molecule has 2 aliphatic carbocycles. The van der Waals surface area contributed by atoms with Gasteiger partial charge in [0.25, 0.3) is 0 Å². The molecule has 1 saturated carbocycles. The second kappa shape index (κ2) is 10.3. The van der Waals surface area contributed by atoms with Gasteiger partial charge in [-0.1, -0.05) is 17.3 Å². The van der Waals surface area contributed by atoms with Gasteiger partial charge in [0.15, 0.2) is 0 Å². The van der Waals surface area contributed by atoms with E-state index in [1.54, 1.807) is 36.8 Å². The van der Waals surface area contributed by atoms with Crippen molar-refractivity contribution in [3.8, 4) is 17.1 Å². The van der Waals surface area contributed by atoms with Crippen molar-refractivity contribution < 1.29 is 22.5 Å². The third-order valence-corrected chi connectivity index (χ3v) is 8.94. The molecule has 0 saturated heterocycles. The molecule has 1 amide bonds. The second-order valence-electron chi connectivity index (χ2n) is 9.85. The fraction of sp³-hybridized carbons (Fsp3) is 0.333. The molecule has 0 radical (unpaired) electrons. The fourth-order valence-electron chi connectivity index (χ4n) is 4.85. The van der Waals surface area contributed by atoms with Crippen molar-refractivity contribution in [2.24, 2.45) is 0 Å². The monoisotopic (exact) mass is 561 g/mol. The van der Waals surface area contributed by atoms with Crippen LogP contribution < -0.4 is 14.8 Å². The van der Waals surface area contributed by atoms with E-state index in [0.717, 1.165) is 16.9 Å². The first-order valence-electron chi connectivity index (χ1n) is 13.0. The smallest absolute Gasteiger partial charge is 0.237 e. The molecule has 2 N–H and O–H groups in total. The molecule has 3 aromatic heterocycles. The molecule has 0 bridgehead atoms. The highest BCUT2D eigenvalue weighted by Gasteiger charge is 2.46. The number of hydrogen-bond acceptors (Lipinski definition) is 10. The third kappa shape index (κ3) is 5.11. The van der Waals surface area contributed by atoms with Crippen molar-refractivity contribution in [2.75, 3.05) is 16.6 Å². The Morgan fingerprint density at radius 2 is 1.95 bits per heavy atom. The van der Waals surface area contributed by atoms with Crippen molar-refractivity contribution >= 4 is 27.6 Å². The fourth-order valence-corrected chi connectivity index (χ4v) is 6.12. The molecule has 0 spiro atoms. The Morgan fingerprint density at radius 3 is 2.73 bits per heavy atom. The predicted octanol–water partition coefficient (Wildman–Crippen LogP) is 3.29. The van der Waals surface area contributed by atoms with Crippen LogP contribution in [0.3, 0.4) is 0 Å². The summed E-state index contributed by atoms with van der Waals surface area (Å²) in [7, 11) is -3.57. The molecule has 206 valence electrons. The van der Waals surface area contributed by atoms with Crippen LogP contribution in [0.15, 0.2) is 59.6 Å². The maximum atomic E-state index is 14.0. The van der Waals surface area contributed by atoms with Crippen LogP contribution in [-0.4, -0.2) is 51.3 Å². The quantitative estimate of drug-likeness (QED) is 0.310. The highest BCUT2D eigenvalue weighted by molar-refractivity contribution is 7.93. The lowest BCUT2D eigenvalue weighted by Crippen LogP contribution is -2.45. The number of nitrogens with one attached hydrogen (secondary N) is 2. The van der Waals surface area contributed by atoms with Crippen LogP contribution in [-0.2, 0) is 33.1 Å². The van der Waals surface area contributed by atoms with Crippen LogP contribution >= 0.6 is 0 Å². The van der Waals surface area contributed by atoms with Crippen molar-refractivity contribution in [2.45, 2.75) is 49.7 Å². The summed E-state index contributed by atoms with van der Waals surface area (Å²) in [5, 5.41) is 6.51. The molecule has 12 nitrogen and oxygen atoms in total. The lowest BCUT2D eigenvalue weighted by Gasteiger charge is -2.34. The summed E-state index contributed by atoms with van der Waals surface area (Å²) in [6.45, 7) is 2.37. The standard InChI is InChI=1S/C27H27N7O5S/c1-2-38-24-16-28-15-21(32-24)17-3-5-19(6-4-17)31-25(35)27(11-9-22-18(13-27)14-30-39-22)23-10-12-29-26(33-23)34-40(36,37)20-7-8-20/h3-6,10,12,14-16,20H,2,7-9,11,13H2,1H3,(H,31,35)(H,29,33,34). The minimum Gasteiger partial charge on any atom is -0.477 e. The summed E-state index contributed by atoms with van der Waals surface area (Å²) in [5.41, 5.74) is 2.17. The van der Waals surface area contributed by atoms with E-state index >= 15 is 0 Å². The van der Waals surface area contributed by atoms with Gasteiger partial charge >= 0.3 is 0 Å². The molecular weight excluding hydrogens is 534 g/mol. The summed E-state index contributed by atoms with van der Waals surface area (Å²) < 4.78 is 38.3. The van der Waals surface area contributed by atoms with E-state index in [1.807, 2.05) is 19.1 Å². The number of amides is 1. The first-order valence-corrected chi connectivity index (χ1v) is 14.6. The lowest BCUT2D eigenvalue weighted by molar-refractivity contribution is -0.122. The van der Waals surface area contributed by atoms with E-state index in [-0.39, 0.29) is 11.9 Å². The maximum absolute atomic E-state index is 14.0. The van der Waals surface area contributed by atoms with Gasteiger partial charge in [0.05, 0.1) is 47.3 Å². The molecule has 40 heavy (non-hydrogen) atoms. The van der Waals surface area contributed by atoms with Crippen LogP contribution in [0, 0.1) is 0 Å². The van der Waals surface area contributed by atoms with Crippen molar-refractivity contribution in [3.63, 3.8) is 0 Å².